The Hall–Kier alpha value is -3.75. The molecule has 142 valence electrons. The van der Waals surface area contributed by atoms with Crippen LogP contribution in [0.1, 0.15) is 12.1 Å². The number of para-hydroxylation sites is 1. The summed E-state index contributed by atoms with van der Waals surface area (Å²) < 4.78 is 3.08. The Morgan fingerprint density at radius 1 is 1.21 bits per heavy atom. The SMILES string of the molecule is Cc1nn(C)c2ncc(NC(=O)CCn3c(=O)[nH]c(=O)c4ccccc43)cc12. The van der Waals surface area contributed by atoms with E-state index in [4.69, 9.17) is 0 Å². The van der Waals surface area contributed by atoms with Crippen LogP contribution in [0.5, 0.6) is 0 Å². The highest BCUT2D eigenvalue weighted by atomic mass is 16.2. The number of carbonyl (C=O) groups is 1. The first kappa shape index (κ1) is 17.7. The molecule has 0 unspecified atom stereocenters. The van der Waals surface area contributed by atoms with Gasteiger partial charge < -0.3 is 5.32 Å². The van der Waals surface area contributed by atoms with E-state index in [1.165, 1.54) is 4.57 Å². The van der Waals surface area contributed by atoms with Gasteiger partial charge in [0.25, 0.3) is 5.56 Å². The van der Waals surface area contributed by atoms with Gasteiger partial charge in [0.15, 0.2) is 5.65 Å². The van der Waals surface area contributed by atoms with Gasteiger partial charge in [0.2, 0.25) is 5.91 Å². The van der Waals surface area contributed by atoms with Gasteiger partial charge in [0.05, 0.1) is 28.5 Å². The van der Waals surface area contributed by atoms with E-state index in [9.17, 15) is 14.4 Å². The Morgan fingerprint density at radius 2 is 2.00 bits per heavy atom. The second kappa shape index (κ2) is 6.76. The molecule has 3 aromatic heterocycles. The predicted molar refractivity (Wildman–Crippen MR) is 105 cm³/mol. The van der Waals surface area contributed by atoms with E-state index < -0.39 is 11.2 Å². The molecule has 0 fully saturated rings. The second-order valence-electron chi connectivity index (χ2n) is 6.53. The lowest BCUT2D eigenvalue weighted by Crippen LogP contribution is -2.31. The predicted octanol–water partition coefficient (Wildman–Crippen LogP) is 1.31. The van der Waals surface area contributed by atoms with E-state index in [0.717, 1.165) is 16.7 Å². The molecule has 0 aliphatic carbocycles. The lowest BCUT2D eigenvalue weighted by Gasteiger charge is -2.10. The minimum Gasteiger partial charge on any atom is -0.325 e. The first-order chi connectivity index (χ1) is 13.4. The maximum Gasteiger partial charge on any atom is 0.328 e. The fourth-order valence-corrected chi connectivity index (χ4v) is 3.28. The number of rotatable bonds is 4. The van der Waals surface area contributed by atoms with Crippen molar-refractivity contribution < 1.29 is 4.79 Å². The van der Waals surface area contributed by atoms with Crippen LogP contribution in [0, 0.1) is 6.92 Å². The molecule has 0 aliphatic heterocycles. The molecule has 0 aliphatic rings. The van der Waals surface area contributed by atoms with E-state index in [1.807, 2.05) is 20.0 Å². The zero-order chi connectivity index (χ0) is 19.8. The largest absolute Gasteiger partial charge is 0.328 e. The maximum absolute atomic E-state index is 12.4. The molecule has 1 amide bonds. The molecule has 3 heterocycles. The number of hydrogen-bond donors (Lipinski definition) is 2. The highest BCUT2D eigenvalue weighted by molar-refractivity contribution is 5.93. The molecule has 2 N–H and O–H groups in total. The van der Waals surface area contributed by atoms with Crippen molar-refractivity contribution in [3.05, 3.63) is 63.1 Å². The molecule has 4 aromatic rings. The van der Waals surface area contributed by atoms with E-state index in [-0.39, 0.29) is 18.9 Å². The minimum atomic E-state index is -0.537. The summed E-state index contributed by atoms with van der Waals surface area (Å²) >= 11 is 0. The van der Waals surface area contributed by atoms with Crippen LogP contribution in [0.15, 0.2) is 46.1 Å². The molecule has 9 nitrogen and oxygen atoms in total. The maximum atomic E-state index is 12.4. The van der Waals surface area contributed by atoms with Gasteiger partial charge in [-0.25, -0.2) is 9.78 Å². The van der Waals surface area contributed by atoms with Crippen molar-refractivity contribution in [3.8, 4) is 0 Å². The molecule has 0 atom stereocenters. The van der Waals surface area contributed by atoms with Crippen LogP contribution >= 0.6 is 0 Å². The van der Waals surface area contributed by atoms with Gasteiger partial charge in [-0.15, -0.1) is 0 Å². The molecule has 9 heteroatoms. The third-order valence-corrected chi connectivity index (χ3v) is 4.61. The number of fused-ring (bicyclic) bond motifs is 2. The average molecular weight is 378 g/mol. The summed E-state index contributed by atoms with van der Waals surface area (Å²) in [5.74, 6) is -0.259. The molecule has 1 aromatic carbocycles. The first-order valence-electron chi connectivity index (χ1n) is 8.75. The lowest BCUT2D eigenvalue weighted by atomic mass is 10.2. The number of pyridine rings is 1. The summed E-state index contributed by atoms with van der Waals surface area (Å²) in [7, 11) is 1.81. The van der Waals surface area contributed by atoms with Gasteiger partial charge in [-0.3, -0.25) is 23.8 Å². The van der Waals surface area contributed by atoms with Crippen LogP contribution in [0.3, 0.4) is 0 Å². The summed E-state index contributed by atoms with van der Waals surface area (Å²) in [6.07, 6.45) is 1.64. The van der Waals surface area contributed by atoms with E-state index >= 15 is 0 Å². The van der Waals surface area contributed by atoms with Crippen LogP contribution in [-0.2, 0) is 18.4 Å². The number of aromatic nitrogens is 5. The van der Waals surface area contributed by atoms with Gasteiger partial charge in [-0.05, 0) is 25.1 Å². The fourth-order valence-electron chi connectivity index (χ4n) is 3.28. The van der Waals surface area contributed by atoms with Crippen LogP contribution < -0.4 is 16.6 Å². The molecular formula is C19H18N6O3. The van der Waals surface area contributed by atoms with Crippen molar-refractivity contribution in [2.75, 3.05) is 5.32 Å². The second-order valence-corrected chi connectivity index (χ2v) is 6.53. The van der Waals surface area contributed by atoms with Crippen molar-refractivity contribution in [2.24, 2.45) is 7.05 Å². The summed E-state index contributed by atoms with van der Waals surface area (Å²) in [5.41, 5.74) is 1.65. The topological polar surface area (TPSA) is 115 Å². The molecule has 0 saturated carbocycles. The third-order valence-electron chi connectivity index (χ3n) is 4.61. The Labute approximate surface area is 158 Å². The van der Waals surface area contributed by atoms with Crippen LogP contribution in [-0.4, -0.2) is 30.2 Å². The summed E-state index contributed by atoms with van der Waals surface area (Å²) in [6, 6.07) is 8.62. The molecule has 0 bridgehead atoms. The number of H-pyrrole nitrogens is 1. The number of carbonyl (C=O) groups excluding carboxylic acids is 1. The van der Waals surface area contributed by atoms with Gasteiger partial charge in [-0.1, -0.05) is 12.1 Å². The van der Waals surface area contributed by atoms with E-state index in [0.29, 0.717) is 16.6 Å². The Morgan fingerprint density at radius 3 is 2.82 bits per heavy atom. The monoisotopic (exact) mass is 378 g/mol. The van der Waals surface area contributed by atoms with Crippen molar-refractivity contribution in [1.82, 2.24) is 24.3 Å². The van der Waals surface area contributed by atoms with E-state index in [1.54, 1.807) is 35.1 Å². The number of hydrogen-bond acceptors (Lipinski definition) is 5. The number of benzene rings is 1. The van der Waals surface area contributed by atoms with Crippen LogP contribution in [0.25, 0.3) is 21.9 Å². The van der Waals surface area contributed by atoms with Crippen molar-refractivity contribution in [3.63, 3.8) is 0 Å². The molecule has 0 radical (unpaired) electrons. The average Bonchev–Trinajstić information content (AvgIpc) is 2.95. The minimum absolute atomic E-state index is 0.0694. The summed E-state index contributed by atoms with van der Waals surface area (Å²) in [4.78, 5) is 43.1. The molecular weight excluding hydrogens is 360 g/mol. The summed E-state index contributed by atoms with van der Waals surface area (Å²) in [5, 5.41) is 8.37. The molecule has 4 rings (SSSR count). The Kier molecular flexibility index (Phi) is 4.26. The van der Waals surface area contributed by atoms with Crippen molar-refractivity contribution >= 4 is 33.5 Å². The van der Waals surface area contributed by atoms with Gasteiger partial charge in [0.1, 0.15) is 0 Å². The smallest absolute Gasteiger partial charge is 0.325 e. The van der Waals surface area contributed by atoms with Gasteiger partial charge in [-0.2, -0.15) is 5.10 Å². The van der Waals surface area contributed by atoms with Crippen molar-refractivity contribution in [2.45, 2.75) is 19.9 Å². The standard InChI is InChI=1S/C19H18N6O3/c1-11-14-9-12(10-20-17(14)24(2)23-11)21-16(26)7-8-25-15-6-4-3-5-13(15)18(27)22-19(25)28/h3-6,9-10H,7-8H2,1-2H3,(H,21,26)(H,22,27,28). The Balaban J connectivity index is 1.54. The number of aryl methyl sites for hydroxylation is 3. The number of nitrogens with one attached hydrogen (secondary N) is 2. The highest BCUT2D eigenvalue weighted by Crippen LogP contribution is 2.19. The third kappa shape index (κ3) is 3.07. The van der Waals surface area contributed by atoms with Crippen LogP contribution in [0.2, 0.25) is 0 Å². The number of anilines is 1. The zero-order valence-electron chi connectivity index (χ0n) is 15.4. The lowest BCUT2D eigenvalue weighted by molar-refractivity contribution is -0.116. The van der Waals surface area contributed by atoms with Crippen molar-refractivity contribution in [1.29, 1.82) is 0 Å². The zero-order valence-corrected chi connectivity index (χ0v) is 15.4. The molecule has 28 heavy (non-hydrogen) atoms. The normalized spacial score (nSPS) is 11.2. The van der Waals surface area contributed by atoms with Crippen LogP contribution in [0.4, 0.5) is 5.69 Å². The van der Waals surface area contributed by atoms with Gasteiger partial charge in [0, 0.05) is 25.4 Å². The molecule has 0 saturated heterocycles. The highest BCUT2D eigenvalue weighted by Gasteiger charge is 2.11. The van der Waals surface area contributed by atoms with E-state index in [2.05, 4.69) is 20.4 Å². The summed E-state index contributed by atoms with van der Waals surface area (Å²) in [6.45, 7) is 2.02. The quantitative estimate of drug-likeness (QED) is 0.556. The number of amides is 1. The molecule has 0 spiro atoms. The first-order valence-corrected chi connectivity index (χ1v) is 8.75. The fraction of sp³-hybridized carbons (Fsp3) is 0.211. The number of aromatic amines is 1. The van der Waals surface area contributed by atoms with Gasteiger partial charge >= 0.3 is 5.69 Å². The number of nitrogens with zero attached hydrogens (tertiary/aromatic N) is 4. The Bertz CT molecular complexity index is 1330.